The Morgan fingerprint density at radius 3 is 3.27 bits per heavy atom. The Morgan fingerprint density at radius 1 is 1.60 bits per heavy atom. The van der Waals surface area contributed by atoms with Gasteiger partial charge in [0.1, 0.15) is 0 Å². The monoisotopic (exact) mass is 220 g/mol. The molecule has 0 spiro atoms. The van der Waals surface area contributed by atoms with Gasteiger partial charge in [-0.05, 0) is 12.3 Å². The van der Waals surface area contributed by atoms with Crippen LogP contribution in [0.25, 0.3) is 11.3 Å². The molecule has 3 rings (SSSR count). The van der Waals surface area contributed by atoms with Gasteiger partial charge in [-0.2, -0.15) is 5.10 Å². The number of nitrogens with one attached hydrogen (secondary N) is 2. The predicted octanol–water partition coefficient (Wildman–Crippen LogP) is 2.23. The number of thiazole rings is 1. The van der Waals surface area contributed by atoms with Crippen molar-refractivity contribution in [3.05, 3.63) is 16.8 Å². The minimum atomic E-state index is 0.535. The second-order valence-corrected chi connectivity index (χ2v) is 4.88. The molecule has 2 N–H and O–H groups in total. The molecule has 1 aliphatic carbocycles. The molecule has 78 valence electrons. The minimum absolute atomic E-state index is 0.535. The van der Waals surface area contributed by atoms with Crippen molar-refractivity contribution in [3.8, 4) is 11.3 Å². The number of nitrogens with zero attached hydrogens (tertiary/aromatic N) is 2. The smallest absolute Gasteiger partial charge is 0.183 e. The lowest BCUT2D eigenvalue weighted by atomic mass is 9.92. The second kappa shape index (κ2) is 3.06. The van der Waals surface area contributed by atoms with Crippen molar-refractivity contribution in [1.82, 2.24) is 15.2 Å². The van der Waals surface area contributed by atoms with Gasteiger partial charge < -0.3 is 5.32 Å². The van der Waals surface area contributed by atoms with E-state index in [-0.39, 0.29) is 0 Å². The van der Waals surface area contributed by atoms with Crippen LogP contribution in [-0.2, 0) is 6.42 Å². The molecule has 0 aliphatic heterocycles. The molecule has 1 atom stereocenters. The lowest BCUT2D eigenvalue weighted by Gasteiger charge is -2.16. The summed E-state index contributed by atoms with van der Waals surface area (Å²) in [5, 5.41) is 11.2. The first-order valence-corrected chi connectivity index (χ1v) is 5.82. The number of H-pyrrole nitrogens is 1. The van der Waals surface area contributed by atoms with Crippen molar-refractivity contribution in [2.24, 2.45) is 0 Å². The number of aromatic nitrogens is 3. The summed E-state index contributed by atoms with van der Waals surface area (Å²) in [5.74, 6) is 0.535. The lowest BCUT2D eigenvalue weighted by Crippen LogP contribution is -2.05. The Morgan fingerprint density at radius 2 is 2.47 bits per heavy atom. The fourth-order valence-corrected chi connectivity index (χ4v) is 3.02. The Labute approximate surface area is 91.7 Å². The molecule has 2 aromatic heterocycles. The maximum atomic E-state index is 4.58. The van der Waals surface area contributed by atoms with Gasteiger partial charge >= 0.3 is 0 Å². The molecule has 2 heterocycles. The van der Waals surface area contributed by atoms with Crippen LogP contribution in [0, 0.1) is 0 Å². The minimum Gasteiger partial charge on any atom is -0.365 e. The second-order valence-electron chi connectivity index (χ2n) is 3.85. The van der Waals surface area contributed by atoms with E-state index in [0.29, 0.717) is 5.92 Å². The van der Waals surface area contributed by atoms with Crippen molar-refractivity contribution in [2.45, 2.75) is 19.3 Å². The van der Waals surface area contributed by atoms with Crippen LogP contribution in [0.5, 0.6) is 0 Å². The molecule has 1 unspecified atom stereocenters. The number of rotatable bonds is 1. The Bertz CT molecular complexity index is 499. The summed E-state index contributed by atoms with van der Waals surface area (Å²) >= 11 is 1.75. The van der Waals surface area contributed by atoms with Crippen molar-refractivity contribution in [2.75, 3.05) is 12.4 Å². The third-order valence-electron chi connectivity index (χ3n) is 2.80. The predicted molar refractivity (Wildman–Crippen MR) is 61.4 cm³/mol. The first-order chi connectivity index (χ1) is 7.29. The van der Waals surface area contributed by atoms with E-state index in [9.17, 15) is 0 Å². The molecule has 0 saturated heterocycles. The summed E-state index contributed by atoms with van der Waals surface area (Å²) in [4.78, 5) is 5.95. The number of hydrogen-bond donors (Lipinski definition) is 2. The average Bonchev–Trinajstić information content (AvgIpc) is 2.81. The van der Waals surface area contributed by atoms with Crippen LogP contribution in [0.2, 0.25) is 0 Å². The highest BCUT2D eigenvalue weighted by atomic mass is 32.1. The van der Waals surface area contributed by atoms with Crippen LogP contribution in [0.4, 0.5) is 5.13 Å². The molecule has 2 aromatic rings. The van der Waals surface area contributed by atoms with Crippen LogP contribution in [0.3, 0.4) is 0 Å². The van der Waals surface area contributed by atoms with E-state index in [1.807, 2.05) is 13.2 Å². The first kappa shape index (κ1) is 8.91. The third kappa shape index (κ3) is 1.19. The highest BCUT2D eigenvalue weighted by molar-refractivity contribution is 7.16. The summed E-state index contributed by atoms with van der Waals surface area (Å²) < 4.78 is 0. The van der Waals surface area contributed by atoms with Gasteiger partial charge in [-0.15, -0.1) is 11.3 Å². The molecule has 1 aliphatic rings. The van der Waals surface area contributed by atoms with Gasteiger partial charge in [0.15, 0.2) is 5.13 Å². The molecule has 4 nitrogen and oxygen atoms in total. The molecule has 0 bridgehead atoms. The number of aromatic amines is 1. The highest BCUT2D eigenvalue weighted by Gasteiger charge is 2.27. The third-order valence-corrected chi connectivity index (χ3v) is 4.10. The fraction of sp³-hybridized carbons (Fsp3) is 0.400. The first-order valence-electron chi connectivity index (χ1n) is 5.00. The zero-order valence-electron chi connectivity index (χ0n) is 8.66. The normalized spacial score (nSPS) is 18.4. The maximum absolute atomic E-state index is 4.58. The van der Waals surface area contributed by atoms with E-state index in [4.69, 9.17) is 0 Å². The van der Waals surface area contributed by atoms with Gasteiger partial charge in [0.2, 0.25) is 0 Å². The van der Waals surface area contributed by atoms with Gasteiger partial charge in [-0.25, -0.2) is 4.98 Å². The topological polar surface area (TPSA) is 53.6 Å². The molecule has 0 amide bonds. The Balaban J connectivity index is 2.22. The molecule has 0 aromatic carbocycles. The van der Waals surface area contributed by atoms with Crippen LogP contribution in [0.15, 0.2) is 6.20 Å². The van der Waals surface area contributed by atoms with E-state index >= 15 is 0 Å². The zero-order chi connectivity index (χ0) is 10.4. The van der Waals surface area contributed by atoms with Crippen LogP contribution < -0.4 is 5.32 Å². The van der Waals surface area contributed by atoms with Crippen LogP contribution in [-0.4, -0.2) is 22.2 Å². The quantitative estimate of drug-likeness (QED) is 0.775. The van der Waals surface area contributed by atoms with Crippen LogP contribution >= 0.6 is 11.3 Å². The molecule has 0 fully saturated rings. The zero-order valence-corrected chi connectivity index (χ0v) is 9.48. The van der Waals surface area contributed by atoms with Crippen molar-refractivity contribution in [3.63, 3.8) is 0 Å². The summed E-state index contributed by atoms with van der Waals surface area (Å²) in [6.07, 6.45) is 2.91. The highest BCUT2D eigenvalue weighted by Crippen LogP contribution is 2.42. The SMILES string of the molecule is CNc1nc2c(s1)C(C)Cc1[nH]ncc1-2. The maximum Gasteiger partial charge on any atom is 0.183 e. The van der Waals surface area contributed by atoms with Gasteiger partial charge in [0.25, 0.3) is 0 Å². The summed E-state index contributed by atoms with van der Waals surface area (Å²) in [5.41, 5.74) is 3.48. The molecule has 0 radical (unpaired) electrons. The largest absolute Gasteiger partial charge is 0.365 e. The van der Waals surface area contributed by atoms with Crippen molar-refractivity contribution < 1.29 is 0 Å². The van der Waals surface area contributed by atoms with Gasteiger partial charge in [0, 0.05) is 23.2 Å². The van der Waals surface area contributed by atoms with Crippen molar-refractivity contribution >= 4 is 16.5 Å². The van der Waals surface area contributed by atoms with E-state index in [0.717, 1.165) is 17.2 Å². The summed E-state index contributed by atoms with van der Waals surface area (Å²) in [6, 6.07) is 0. The number of anilines is 1. The molecule has 5 heteroatoms. The summed E-state index contributed by atoms with van der Waals surface area (Å²) in [7, 11) is 1.91. The summed E-state index contributed by atoms with van der Waals surface area (Å²) in [6.45, 7) is 2.24. The van der Waals surface area contributed by atoms with Crippen LogP contribution in [0.1, 0.15) is 23.4 Å². The Kier molecular flexibility index (Phi) is 1.82. The molecular weight excluding hydrogens is 208 g/mol. The van der Waals surface area contributed by atoms with Crippen molar-refractivity contribution in [1.29, 1.82) is 0 Å². The average molecular weight is 220 g/mol. The standard InChI is InChI=1S/C10H12N4S/c1-5-3-7-6(4-12-14-7)8-9(5)15-10(11-2)13-8/h4-5H,3H2,1-2H3,(H,11,13)(H,12,14). The number of hydrogen-bond acceptors (Lipinski definition) is 4. The van der Waals surface area contributed by atoms with Gasteiger partial charge in [0.05, 0.1) is 11.9 Å². The van der Waals surface area contributed by atoms with E-state index < -0.39 is 0 Å². The van der Waals surface area contributed by atoms with Gasteiger partial charge in [-0.3, -0.25) is 5.10 Å². The molecule has 15 heavy (non-hydrogen) atoms. The van der Waals surface area contributed by atoms with E-state index in [1.165, 1.54) is 16.1 Å². The number of fused-ring (bicyclic) bond motifs is 3. The van der Waals surface area contributed by atoms with Gasteiger partial charge in [-0.1, -0.05) is 6.92 Å². The molecular formula is C10H12N4S. The van der Waals surface area contributed by atoms with E-state index in [2.05, 4.69) is 27.4 Å². The fourth-order valence-electron chi connectivity index (χ4n) is 2.04. The lowest BCUT2D eigenvalue weighted by molar-refractivity contribution is 0.739. The van der Waals surface area contributed by atoms with E-state index in [1.54, 1.807) is 11.3 Å². The molecule has 0 saturated carbocycles. The Hall–Kier alpha value is -1.36.